The molecule has 100 valence electrons. The number of hydrogen-bond acceptors (Lipinski definition) is 3. The molecule has 3 N–H and O–H groups in total. The first-order valence-electron chi connectivity index (χ1n) is 5.86. The van der Waals surface area contributed by atoms with E-state index in [0.717, 1.165) is 0 Å². The molecule has 0 aliphatic carbocycles. The van der Waals surface area contributed by atoms with Crippen LogP contribution in [0.1, 0.15) is 32.4 Å². The minimum atomic E-state index is -0.815. The smallest absolute Gasteiger partial charge is 0.236 e. The summed E-state index contributed by atoms with van der Waals surface area (Å²) in [6.07, 6.45) is -0.815. The molecule has 0 heterocycles. The van der Waals surface area contributed by atoms with Gasteiger partial charge in [-0.1, -0.05) is 12.1 Å². The maximum atomic E-state index is 14.0. The molecule has 0 saturated heterocycles. The van der Waals surface area contributed by atoms with Gasteiger partial charge in [0.15, 0.2) is 0 Å². The van der Waals surface area contributed by atoms with Crippen LogP contribution in [0.3, 0.4) is 0 Å². The Morgan fingerprint density at radius 3 is 2.50 bits per heavy atom. The summed E-state index contributed by atoms with van der Waals surface area (Å²) in [5.41, 5.74) is 5.87. The van der Waals surface area contributed by atoms with E-state index in [2.05, 4.69) is 0 Å². The van der Waals surface area contributed by atoms with Crippen LogP contribution in [-0.4, -0.2) is 23.6 Å². The number of halogens is 1. The monoisotopic (exact) mass is 254 g/mol. The van der Waals surface area contributed by atoms with E-state index in [1.54, 1.807) is 17.9 Å². The van der Waals surface area contributed by atoms with E-state index in [-0.39, 0.29) is 18.3 Å². The van der Waals surface area contributed by atoms with Gasteiger partial charge in [0.1, 0.15) is 5.82 Å². The number of nitrogens with two attached hydrogens (primary N) is 1. The fourth-order valence-electron chi connectivity index (χ4n) is 1.86. The lowest BCUT2D eigenvalue weighted by atomic mass is 10.1. The van der Waals surface area contributed by atoms with Gasteiger partial charge in [-0.2, -0.15) is 0 Å². The third kappa shape index (κ3) is 3.20. The number of amides is 1. The fraction of sp³-hybridized carbons (Fsp3) is 0.462. The van der Waals surface area contributed by atoms with Crippen LogP contribution in [0.2, 0.25) is 0 Å². The van der Waals surface area contributed by atoms with Crippen LogP contribution >= 0.6 is 0 Å². The number of carbonyl (C=O) groups excluding carboxylic acids is 1. The lowest BCUT2D eigenvalue weighted by Crippen LogP contribution is -2.39. The zero-order valence-electron chi connectivity index (χ0n) is 10.9. The van der Waals surface area contributed by atoms with Crippen molar-refractivity contribution in [3.63, 3.8) is 0 Å². The van der Waals surface area contributed by atoms with Gasteiger partial charge in [-0.25, -0.2) is 4.39 Å². The molecule has 1 aromatic rings. The standard InChI is InChI=1S/C13H19FN2O2/c1-8(2)16(7-12(15)18)13-10(9(3)17)5-4-6-11(13)14/h4-6,8-9,17H,7H2,1-3H3,(H2,15,18). The predicted octanol–water partition coefficient (Wildman–Crippen LogP) is 1.58. The van der Waals surface area contributed by atoms with Gasteiger partial charge in [-0.05, 0) is 26.8 Å². The molecular formula is C13H19FN2O2. The molecule has 0 saturated carbocycles. The number of rotatable bonds is 5. The topological polar surface area (TPSA) is 66.6 Å². The van der Waals surface area contributed by atoms with Gasteiger partial charge in [-0.3, -0.25) is 4.79 Å². The minimum absolute atomic E-state index is 0.0850. The van der Waals surface area contributed by atoms with E-state index in [9.17, 15) is 14.3 Å². The molecule has 1 rings (SSSR count). The zero-order chi connectivity index (χ0) is 13.9. The first kappa shape index (κ1) is 14.4. The molecule has 1 atom stereocenters. The van der Waals surface area contributed by atoms with Gasteiger partial charge in [0, 0.05) is 11.6 Å². The van der Waals surface area contributed by atoms with Crippen molar-refractivity contribution < 1.29 is 14.3 Å². The van der Waals surface area contributed by atoms with Crippen LogP contribution < -0.4 is 10.6 Å². The molecule has 1 aromatic carbocycles. The highest BCUT2D eigenvalue weighted by Crippen LogP contribution is 2.30. The van der Waals surface area contributed by atoms with Crippen molar-refractivity contribution in [3.05, 3.63) is 29.6 Å². The minimum Gasteiger partial charge on any atom is -0.389 e. The number of nitrogens with zero attached hydrogens (tertiary/aromatic N) is 1. The zero-order valence-corrected chi connectivity index (χ0v) is 10.9. The second kappa shape index (κ2) is 5.82. The van der Waals surface area contributed by atoms with E-state index in [1.807, 2.05) is 13.8 Å². The maximum absolute atomic E-state index is 14.0. The number of aliphatic hydroxyl groups is 1. The Balaban J connectivity index is 3.30. The molecule has 0 aromatic heterocycles. The van der Waals surface area contributed by atoms with Crippen molar-refractivity contribution >= 4 is 11.6 Å². The van der Waals surface area contributed by atoms with Gasteiger partial charge in [0.25, 0.3) is 0 Å². The van der Waals surface area contributed by atoms with E-state index in [4.69, 9.17) is 5.73 Å². The Labute approximate surface area is 106 Å². The Morgan fingerprint density at radius 1 is 1.44 bits per heavy atom. The molecule has 5 heteroatoms. The van der Waals surface area contributed by atoms with Crippen LogP contribution in [-0.2, 0) is 4.79 Å². The van der Waals surface area contributed by atoms with Crippen molar-refractivity contribution in [1.82, 2.24) is 0 Å². The average Bonchev–Trinajstić information content (AvgIpc) is 2.25. The highest BCUT2D eigenvalue weighted by atomic mass is 19.1. The van der Waals surface area contributed by atoms with E-state index >= 15 is 0 Å². The van der Waals surface area contributed by atoms with Crippen molar-refractivity contribution in [1.29, 1.82) is 0 Å². The molecule has 4 nitrogen and oxygen atoms in total. The van der Waals surface area contributed by atoms with Crippen LogP contribution in [0.4, 0.5) is 10.1 Å². The number of anilines is 1. The van der Waals surface area contributed by atoms with Gasteiger partial charge in [0.05, 0.1) is 18.3 Å². The highest BCUT2D eigenvalue weighted by Gasteiger charge is 2.22. The van der Waals surface area contributed by atoms with Crippen LogP contribution in [0.5, 0.6) is 0 Å². The van der Waals surface area contributed by atoms with Gasteiger partial charge in [-0.15, -0.1) is 0 Å². The molecule has 0 radical (unpaired) electrons. The second-order valence-corrected chi connectivity index (χ2v) is 4.54. The summed E-state index contributed by atoms with van der Waals surface area (Å²) in [4.78, 5) is 12.6. The van der Waals surface area contributed by atoms with Gasteiger partial charge in [0.2, 0.25) is 5.91 Å². The first-order valence-corrected chi connectivity index (χ1v) is 5.86. The molecule has 0 aliphatic heterocycles. The summed E-state index contributed by atoms with van der Waals surface area (Å²) in [6, 6.07) is 4.37. The third-order valence-corrected chi connectivity index (χ3v) is 2.70. The summed E-state index contributed by atoms with van der Waals surface area (Å²) in [7, 11) is 0. The van der Waals surface area contributed by atoms with Crippen molar-refractivity contribution in [2.45, 2.75) is 32.9 Å². The molecule has 0 spiro atoms. The van der Waals surface area contributed by atoms with Crippen LogP contribution in [0, 0.1) is 5.82 Å². The average molecular weight is 254 g/mol. The van der Waals surface area contributed by atoms with Gasteiger partial charge < -0.3 is 15.7 Å². The molecule has 0 fully saturated rings. The number of benzene rings is 1. The number of aliphatic hydroxyl groups excluding tert-OH is 1. The number of primary amides is 1. The lowest BCUT2D eigenvalue weighted by Gasteiger charge is -2.30. The van der Waals surface area contributed by atoms with Gasteiger partial charge >= 0.3 is 0 Å². The number of para-hydroxylation sites is 1. The van der Waals surface area contributed by atoms with Crippen molar-refractivity contribution in [2.75, 3.05) is 11.4 Å². The second-order valence-electron chi connectivity index (χ2n) is 4.54. The van der Waals surface area contributed by atoms with Crippen molar-refractivity contribution in [2.24, 2.45) is 5.73 Å². The van der Waals surface area contributed by atoms with E-state index in [1.165, 1.54) is 12.1 Å². The van der Waals surface area contributed by atoms with Crippen LogP contribution in [0.25, 0.3) is 0 Å². The molecule has 1 amide bonds. The first-order chi connectivity index (χ1) is 8.34. The van der Waals surface area contributed by atoms with E-state index < -0.39 is 17.8 Å². The van der Waals surface area contributed by atoms with E-state index in [0.29, 0.717) is 5.56 Å². The summed E-state index contributed by atoms with van der Waals surface area (Å²) >= 11 is 0. The molecule has 0 bridgehead atoms. The quantitative estimate of drug-likeness (QED) is 0.838. The Hall–Kier alpha value is -1.62. The number of hydrogen-bond donors (Lipinski definition) is 2. The predicted molar refractivity (Wildman–Crippen MR) is 68.7 cm³/mol. The fourth-order valence-corrected chi connectivity index (χ4v) is 1.86. The Kier molecular flexibility index (Phi) is 4.67. The summed E-state index contributed by atoms with van der Waals surface area (Å²) in [6.45, 7) is 5.14. The normalized spacial score (nSPS) is 12.6. The third-order valence-electron chi connectivity index (χ3n) is 2.70. The molecule has 1 unspecified atom stereocenters. The highest BCUT2D eigenvalue weighted by molar-refractivity contribution is 5.80. The molecular weight excluding hydrogens is 235 g/mol. The molecule has 18 heavy (non-hydrogen) atoms. The Morgan fingerprint density at radius 2 is 2.06 bits per heavy atom. The Bertz CT molecular complexity index is 433. The summed E-state index contributed by atoms with van der Waals surface area (Å²) in [5.74, 6) is -1.01. The number of carbonyl (C=O) groups is 1. The van der Waals surface area contributed by atoms with Crippen molar-refractivity contribution in [3.8, 4) is 0 Å². The maximum Gasteiger partial charge on any atom is 0.236 e. The lowest BCUT2D eigenvalue weighted by molar-refractivity contribution is -0.116. The molecule has 0 aliphatic rings. The summed E-state index contributed by atoms with van der Waals surface area (Å²) in [5, 5.41) is 9.68. The summed E-state index contributed by atoms with van der Waals surface area (Å²) < 4.78 is 14.0. The van der Waals surface area contributed by atoms with Crippen LogP contribution in [0.15, 0.2) is 18.2 Å². The largest absolute Gasteiger partial charge is 0.389 e. The SMILES string of the molecule is CC(O)c1cccc(F)c1N(CC(N)=O)C(C)C.